The van der Waals surface area contributed by atoms with Crippen LogP contribution in [0.15, 0.2) is 78.4 Å². The van der Waals surface area contributed by atoms with Crippen LogP contribution in [-0.4, -0.2) is 17.9 Å². The van der Waals surface area contributed by atoms with Crippen LogP contribution in [0.5, 0.6) is 11.5 Å². The summed E-state index contributed by atoms with van der Waals surface area (Å²) in [5.41, 5.74) is 0.710. The van der Waals surface area contributed by atoms with E-state index in [0.29, 0.717) is 17.1 Å². The minimum Gasteiger partial charge on any atom is -0.493 e. The summed E-state index contributed by atoms with van der Waals surface area (Å²) in [6.07, 6.45) is 1.35. The molecule has 1 N–H and O–H groups in total. The van der Waals surface area contributed by atoms with Crippen LogP contribution in [0, 0.1) is 21.4 Å². The Morgan fingerprint density at radius 2 is 1.76 bits per heavy atom. The second kappa shape index (κ2) is 11.6. The van der Waals surface area contributed by atoms with E-state index in [1.54, 1.807) is 18.2 Å². The lowest BCUT2D eigenvalue weighted by Crippen LogP contribution is -2.14. The van der Waals surface area contributed by atoms with Gasteiger partial charge in [-0.05, 0) is 28.5 Å². The highest BCUT2D eigenvalue weighted by Gasteiger charge is 2.19. The van der Waals surface area contributed by atoms with E-state index >= 15 is 0 Å². The van der Waals surface area contributed by atoms with Crippen molar-refractivity contribution in [2.45, 2.75) is 6.61 Å². The van der Waals surface area contributed by atoms with Crippen molar-refractivity contribution >= 4 is 57.3 Å². The Kier molecular flexibility index (Phi) is 8.12. The summed E-state index contributed by atoms with van der Waals surface area (Å²) in [6.45, 7) is 0.213. The first-order chi connectivity index (χ1) is 18.3. The molecule has 38 heavy (non-hydrogen) atoms. The maximum Gasteiger partial charge on any atom is 0.272 e. The lowest BCUT2D eigenvalue weighted by atomic mass is 10.1. The summed E-state index contributed by atoms with van der Waals surface area (Å²) < 4.78 is 11.6. The number of nitrogens with zero attached hydrogens (tertiary/aromatic N) is 2. The molecule has 4 aromatic rings. The number of nitro groups is 1. The van der Waals surface area contributed by atoms with Gasteiger partial charge < -0.3 is 14.8 Å². The lowest BCUT2D eigenvalue weighted by molar-refractivity contribution is -0.384. The van der Waals surface area contributed by atoms with Crippen LogP contribution in [0.3, 0.4) is 0 Å². The van der Waals surface area contributed by atoms with E-state index < -0.39 is 10.8 Å². The van der Waals surface area contributed by atoms with E-state index in [0.717, 1.165) is 28.5 Å². The van der Waals surface area contributed by atoms with Gasteiger partial charge in [0, 0.05) is 17.7 Å². The smallest absolute Gasteiger partial charge is 0.272 e. The number of carbonyl (C=O) groups excluding carboxylic acids is 1. The molecule has 0 bridgehead atoms. The molecule has 0 heterocycles. The minimum absolute atomic E-state index is 0.0526. The van der Waals surface area contributed by atoms with E-state index in [9.17, 15) is 20.2 Å². The highest BCUT2D eigenvalue weighted by molar-refractivity contribution is 6.40. The van der Waals surface area contributed by atoms with Crippen LogP contribution < -0.4 is 14.8 Å². The monoisotopic (exact) mass is 547 g/mol. The fraction of sp³-hybridized carbons (Fsp3) is 0.0714. The number of nitriles is 1. The van der Waals surface area contributed by atoms with Gasteiger partial charge in [0.2, 0.25) is 0 Å². The molecule has 0 saturated carbocycles. The number of amides is 1. The van der Waals surface area contributed by atoms with Crippen molar-refractivity contribution in [2.75, 3.05) is 12.4 Å². The minimum atomic E-state index is -0.812. The number of halogens is 2. The Hall–Kier alpha value is -4.58. The van der Waals surface area contributed by atoms with Crippen molar-refractivity contribution < 1.29 is 19.2 Å². The number of methoxy groups -OCH3 is 1. The van der Waals surface area contributed by atoms with Gasteiger partial charge in [0.05, 0.1) is 27.8 Å². The van der Waals surface area contributed by atoms with Crippen molar-refractivity contribution in [1.29, 1.82) is 5.26 Å². The Balaban J connectivity index is 1.64. The third-order valence-electron chi connectivity index (χ3n) is 5.62. The average Bonchev–Trinajstić information content (AvgIpc) is 2.92. The summed E-state index contributed by atoms with van der Waals surface area (Å²) in [6, 6.07) is 22.9. The standard InChI is InChI=1S/C28H19Cl2N3O5/c1-37-25-11-5-8-18(27(25)38-16-19-9-4-7-17-6-2-3-10-22(17)19)12-20(15-31)28(34)32-26-23(29)13-21(33(35)36)14-24(26)30/h2-14H,16H2,1H3,(H,32,34)/b20-12+. The van der Waals surface area contributed by atoms with Gasteiger partial charge in [0.15, 0.2) is 11.5 Å². The molecular formula is C28H19Cl2N3O5. The normalized spacial score (nSPS) is 11.1. The Labute approximate surface area is 227 Å². The molecular weight excluding hydrogens is 529 g/mol. The highest BCUT2D eigenvalue weighted by Crippen LogP contribution is 2.36. The summed E-state index contributed by atoms with van der Waals surface area (Å²) >= 11 is 12.2. The number of ether oxygens (including phenoxy) is 2. The molecule has 190 valence electrons. The summed E-state index contributed by atoms with van der Waals surface area (Å²) in [5, 5.41) is 25.0. The van der Waals surface area contributed by atoms with Crippen molar-refractivity contribution in [3.05, 3.63) is 110 Å². The number of anilines is 1. The number of fused-ring (bicyclic) bond motifs is 1. The molecule has 0 spiro atoms. The van der Waals surface area contributed by atoms with E-state index in [4.69, 9.17) is 32.7 Å². The van der Waals surface area contributed by atoms with Crippen LogP contribution in [-0.2, 0) is 11.4 Å². The van der Waals surface area contributed by atoms with Crippen molar-refractivity contribution in [1.82, 2.24) is 0 Å². The van der Waals surface area contributed by atoms with Crippen molar-refractivity contribution in [2.24, 2.45) is 0 Å². The Morgan fingerprint density at radius 1 is 1.08 bits per heavy atom. The number of benzene rings is 4. The molecule has 0 aromatic heterocycles. The topological polar surface area (TPSA) is 114 Å². The predicted molar refractivity (Wildman–Crippen MR) is 147 cm³/mol. The zero-order valence-corrected chi connectivity index (χ0v) is 21.4. The van der Waals surface area contributed by atoms with Gasteiger partial charge in [0.1, 0.15) is 18.2 Å². The van der Waals surface area contributed by atoms with Crippen LogP contribution in [0.1, 0.15) is 11.1 Å². The van der Waals surface area contributed by atoms with Crippen LogP contribution in [0.4, 0.5) is 11.4 Å². The second-order valence-corrected chi connectivity index (χ2v) is 8.79. The molecule has 0 aliphatic rings. The number of nitrogens with one attached hydrogen (secondary N) is 1. The molecule has 0 aliphatic carbocycles. The largest absolute Gasteiger partial charge is 0.493 e. The van der Waals surface area contributed by atoms with E-state index in [-0.39, 0.29) is 33.6 Å². The van der Waals surface area contributed by atoms with E-state index in [1.165, 1.54) is 13.2 Å². The SMILES string of the molecule is COc1cccc(/C=C(\C#N)C(=O)Nc2c(Cl)cc([N+](=O)[O-])cc2Cl)c1OCc1cccc2ccccc12. The molecule has 0 radical (unpaired) electrons. The third-order valence-corrected chi connectivity index (χ3v) is 6.22. The first-order valence-electron chi connectivity index (χ1n) is 11.2. The molecule has 8 nitrogen and oxygen atoms in total. The van der Waals surface area contributed by atoms with E-state index in [2.05, 4.69) is 5.32 Å². The van der Waals surface area contributed by atoms with Gasteiger partial charge in [-0.15, -0.1) is 0 Å². The number of hydrogen-bond donors (Lipinski definition) is 1. The number of non-ortho nitro benzene ring substituents is 1. The van der Waals surface area contributed by atoms with Gasteiger partial charge in [-0.25, -0.2) is 0 Å². The molecule has 10 heteroatoms. The highest BCUT2D eigenvalue weighted by atomic mass is 35.5. The van der Waals surface area contributed by atoms with Gasteiger partial charge >= 0.3 is 0 Å². The number of carbonyl (C=O) groups is 1. The molecule has 0 saturated heterocycles. The van der Waals surface area contributed by atoms with Crippen LogP contribution in [0.2, 0.25) is 10.0 Å². The zero-order chi connectivity index (χ0) is 27.2. The van der Waals surface area contributed by atoms with Gasteiger partial charge in [-0.3, -0.25) is 14.9 Å². The third kappa shape index (κ3) is 5.70. The number of para-hydroxylation sites is 1. The summed E-state index contributed by atoms with van der Waals surface area (Å²) in [4.78, 5) is 23.3. The predicted octanol–water partition coefficient (Wildman–Crippen LogP) is 7.19. The fourth-order valence-electron chi connectivity index (χ4n) is 3.80. The molecule has 0 unspecified atom stereocenters. The summed E-state index contributed by atoms with van der Waals surface area (Å²) in [5.74, 6) is -0.0546. The van der Waals surface area contributed by atoms with Crippen molar-refractivity contribution in [3.8, 4) is 17.6 Å². The molecule has 4 aromatic carbocycles. The molecule has 0 atom stereocenters. The van der Waals surface area contributed by atoms with Crippen molar-refractivity contribution in [3.63, 3.8) is 0 Å². The Morgan fingerprint density at radius 3 is 2.45 bits per heavy atom. The van der Waals surface area contributed by atoms with Crippen LogP contribution >= 0.6 is 23.2 Å². The number of rotatable bonds is 8. The summed E-state index contributed by atoms with van der Waals surface area (Å²) in [7, 11) is 1.49. The second-order valence-electron chi connectivity index (χ2n) is 7.97. The molecule has 0 aliphatic heterocycles. The Bertz CT molecular complexity index is 1600. The number of hydrogen-bond acceptors (Lipinski definition) is 6. The van der Waals surface area contributed by atoms with Crippen LogP contribution in [0.25, 0.3) is 16.8 Å². The quantitative estimate of drug-likeness (QED) is 0.108. The molecule has 1 amide bonds. The average molecular weight is 548 g/mol. The van der Waals surface area contributed by atoms with Gasteiger partial charge in [0.25, 0.3) is 11.6 Å². The first-order valence-corrected chi connectivity index (χ1v) is 11.9. The van der Waals surface area contributed by atoms with Gasteiger partial charge in [-0.1, -0.05) is 77.8 Å². The maximum absolute atomic E-state index is 12.9. The van der Waals surface area contributed by atoms with Gasteiger partial charge in [-0.2, -0.15) is 5.26 Å². The van der Waals surface area contributed by atoms with E-state index in [1.807, 2.05) is 48.5 Å². The number of nitro benzene ring substituents is 1. The fourth-order valence-corrected chi connectivity index (χ4v) is 4.37. The lowest BCUT2D eigenvalue weighted by Gasteiger charge is -2.15. The zero-order valence-electron chi connectivity index (χ0n) is 19.9. The first kappa shape index (κ1) is 26.5. The molecule has 0 fully saturated rings. The molecule has 4 rings (SSSR count). The maximum atomic E-state index is 12.9.